The molecule has 4 nitrogen and oxygen atoms in total. The molecular weight excluding hydrogens is 298 g/mol. The van der Waals surface area contributed by atoms with Gasteiger partial charge in [-0.15, -0.1) is 0 Å². The third-order valence-electron chi connectivity index (χ3n) is 3.47. The summed E-state index contributed by atoms with van der Waals surface area (Å²) in [5.74, 6) is -0.250. The largest absolute Gasteiger partial charge is 0.342 e. The summed E-state index contributed by atoms with van der Waals surface area (Å²) in [6, 6.07) is 10.1. The van der Waals surface area contributed by atoms with Crippen molar-refractivity contribution in [2.45, 2.75) is 19.3 Å². The molecule has 1 amide bonds. The first-order valence-electron chi connectivity index (χ1n) is 6.68. The van der Waals surface area contributed by atoms with Gasteiger partial charge in [-0.2, -0.15) is 0 Å². The summed E-state index contributed by atoms with van der Waals surface area (Å²) in [7, 11) is 1.71. The fraction of sp³-hybridized carbons (Fsp3) is 0.500. The van der Waals surface area contributed by atoms with Crippen LogP contribution in [-0.4, -0.2) is 38.1 Å². The van der Waals surface area contributed by atoms with Crippen molar-refractivity contribution >= 4 is 25.6 Å². The van der Waals surface area contributed by atoms with Crippen molar-refractivity contribution < 1.29 is 13.2 Å². The number of benzene rings is 1. The molecule has 6 heteroatoms. The highest BCUT2D eigenvalue weighted by molar-refractivity contribution is 8.13. The highest BCUT2D eigenvalue weighted by Gasteiger charge is 2.31. The van der Waals surface area contributed by atoms with Crippen LogP contribution in [0.15, 0.2) is 30.3 Å². The molecule has 20 heavy (non-hydrogen) atoms. The zero-order valence-corrected chi connectivity index (χ0v) is 12.7. The number of carbonyl (C=O) groups excluding carboxylic acids is 1. The van der Waals surface area contributed by atoms with Crippen LogP contribution in [-0.2, 0) is 20.3 Å². The van der Waals surface area contributed by atoms with Gasteiger partial charge in [0, 0.05) is 36.1 Å². The van der Waals surface area contributed by atoms with E-state index in [2.05, 4.69) is 12.1 Å². The van der Waals surface area contributed by atoms with E-state index >= 15 is 0 Å². The minimum absolute atomic E-state index is 0.0309. The average molecular weight is 316 g/mol. The molecule has 1 aliphatic rings. The predicted octanol–water partition coefficient (Wildman–Crippen LogP) is 2.04. The number of carbonyl (C=O) groups is 1. The van der Waals surface area contributed by atoms with E-state index < -0.39 is 9.05 Å². The average Bonchev–Trinajstić information content (AvgIpc) is 2.68. The molecule has 0 radical (unpaired) electrons. The highest BCUT2D eigenvalue weighted by Crippen LogP contribution is 2.21. The molecule has 0 aliphatic carbocycles. The predicted molar refractivity (Wildman–Crippen MR) is 79.1 cm³/mol. The van der Waals surface area contributed by atoms with Crippen LogP contribution < -0.4 is 0 Å². The second-order valence-corrected chi connectivity index (χ2v) is 8.03. The Kier molecular flexibility index (Phi) is 5.05. The van der Waals surface area contributed by atoms with Crippen LogP contribution >= 0.6 is 10.7 Å². The number of likely N-dealkylation sites (tertiary alicyclic amines) is 1. The zero-order valence-electron chi connectivity index (χ0n) is 11.2. The topological polar surface area (TPSA) is 54.5 Å². The van der Waals surface area contributed by atoms with Gasteiger partial charge in [0.2, 0.25) is 15.0 Å². The van der Waals surface area contributed by atoms with Gasteiger partial charge < -0.3 is 4.90 Å². The Labute approximate surface area is 124 Å². The Balaban J connectivity index is 1.78. The fourth-order valence-electron chi connectivity index (χ4n) is 2.58. The quantitative estimate of drug-likeness (QED) is 0.755. The van der Waals surface area contributed by atoms with Crippen LogP contribution in [0.2, 0.25) is 0 Å². The summed E-state index contributed by atoms with van der Waals surface area (Å²) < 4.78 is 22.1. The van der Waals surface area contributed by atoms with Gasteiger partial charge in [-0.25, -0.2) is 8.42 Å². The van der Waals surface area contributed by atoms with Gasteiger partial charge in [0.1, 0.15) is 0 Å². The van der Waals surface area contributed by atoms with Gasteiger partial charge >= 0.3 is 0 Å². The maximum atomic E-state index is 11.8. The van der Waals surface area contributed by atoms with E-state index in [0.29, 0.717) is 13.1 Å². The number of amides is 1. The van der Waals surface area contributed by atoms with Gasteiger partial charge in [-0.1, -0.05) is 30.3 Å². The molecule has 0 N–H and O–H groups in total. The van der Waals surface area contributed by atoms with Crippen molar-refractivity contribution in [2.75, 3.05) is 18.8 Å². The van der Waals surface area contributed by atoms with E-state index in [0.717, 1.165) is 12.8 Å². The lowest BCUT2D eigenvalue weighted by molar-refractivity contribution is -0.127. The van der Waals surface area contributed by atoms with Gasteiger partial charge in [-0.3, -0.25) is 4.79 Å². The fourth-order valence-corrected chi connectivity index (χ4v) is 3.90. The molecule has 0 spiro atoms. The summed E-state index contributed by atoms with van der Waals surface area (Å²) in [4.78, 5) is 13.5. The van der Waals surface area contributed by atoms with Crippen molar-refractivity contribution in [1.82, 2.24) is 4.90 Å². The molecule has 1 atom stereocenters. The Morgan fingerprint density at radius 3 is 2.60 bits per heavy atom. The van der Waals surface area contributed by atoms with Crippen LogP contribution in [0.25, 0.3) is 0 Å². The number of rotatable bonds is 6. The minimum atomic E-state index is -3.52. The lowest BCUT2D eigenvalue weighted by Gasteiger charge is -2.16. The third kappa shape index (κ3) is 4.80. The normalized spacial score (nSPS) is 19.6. The molecule has 0 bridgehead atoms. The summed E-state index contributed by atoms with van der Waals surface area (Å²) in [5.41, 5.74) is 1.25. The van der Waals surface area contributed by atoms with Gasteiger partial charge in [-0.05, 0) is 18.4 Å². The van der Waals surface area contributed by atoms with E-state index in [1.54, 1.807) is 4.90 Å². The second-order valence-electron chi connectivity index (χ2n) is 5.20. The number of aryl methyl sites for hydroxylation is 1. The molecule has 1 fully saturated rings. The Bertz CT molecular complexity index is 559. The lowest BCUT2D eigenvalue weighted by atomic mass is 10.1. The summed E-state index contributed by atoms with van der Waals surface area (Å²) >= 11 is 0. The molecule has 1 saturated heterocycles. The molecule has 110 valence electrons. The molecule has 1 heterocycles. The minimum Gasteiger partial charge on any atom is -0.342 e. The van der Waals surface area contributed by atoms with Crippen molar-refractivity contribution in [3.8, 4) is 0 Å². The highest BCUT2D eigenvalue weighted by atomic mass is 35.7. The number of halogens is 1. The lowest BCUT2D eigenvalue weighted by Crippen LogP contribution is -2.27. The Morgan fingerprint density at radius 2 is 1.95 bits per heavy atom. The van der Waals surface area contributed by atoms with Crippen LogP contribution in [0.4, 0.5) is 0 Å². The molecule has 1 unspecified atom stereocenters. The van der Waals surface area contributed by atoms with Gasteiger partial charge in [0.05, 0.1) is 5.75 Å². The van der Waals surface area contributed by atoms with E-state index in [-0.39, 0.29) is 24.0 Å². The number of nitrogens with zero attached hydrogens (tertiary/aromatic N) is 1. The first-order valence-corrected chi connectivity index (χ1v) is 9.16. The molecule has 1 aromatic carbocycles. The summed E-state index contributed by atoms with van der Waals surface area (Å²) in [5, 5.41) is 0. The van der Waals surface area contributed by atoms with Gasteiger partial charge in [0.25, 0.3) is 0 Å². The van der Waals surface area contributed by atoms with Crippen molar-refractivity contribution in [3.05, 3.63) is 35.9 Å². The molecule has 1 aromatic rings. The first-order chi connectivity index (χ1) is 9.44. The molecule has 1 aliphatic heterocycles. The smallest absolute Gasteiger partial charge is 0.232 e. The van der Waals surface area contributed by atoms with E-state index in [1.165, 1.54) is 5.56 Å². The second kappa shape index (κ2) is 6.59. The standard InChI is InChI=1S/C14H18ClNO3S/c15-20(18,19)11-13-9-14(17)16(10-13)8-4-7-12-5-2-1-3-6-12/h1-3,5-6,13H,4,7-11H2. The van der Waals surface area contributed by atoms with E-state index in [4.69, 9.17) is 10.7 Å². The molecule has 0 aromatic heterocycles. The Morgan fingerprint density at radius 1 is 1.25 bits per heavy atom. The molecule has 0 saturated carbocycles. The Hall–Kier alpha value is -1.07. The first kappa shape index (κ1) is 15.3. The maximum Gasteiger partial charge on any atom is 0.232 e. The summed E-state index contributed by atoms with van der Waals surface area (Å²) in [6.07, 6.45) is 2.09. The van der Waals surface area contributed by atoms with Gasteiger partial charge in [0.15, 0.2) is 0 Å². The van der Waals surface area contributed by atoms with Crippen molar-refractivity contribution in [3.63, 3.8) is 0 Å². The molecular formula is C14H18ClNO3S. The molecule has 2 rings (SSSR count). The monoisotopic (exact) mass is 315 g/mol. The van der Waals surface area contributed by atoms with Crippen molar-refractivity contribution in [1.29, 1.82) is 0 Å². The zero-order chi connectivity index (χ0) is 14.6. The van der Waals surface area contributed by atoms with Crippen LogP contribution in [0.1, 0.15) is 18.4 Å². The number of hydrogen-bond donors (Lipinski definition) is 0. The SMILES string of the molecule is O=C1CC(CS(=O)(=O)Cl)CN1CCCc1ccccc1. The number of hydrogen-bond acceptors (Lipinski definition) is 3. The van der Waals surface area contributed by atoms with Crippen LogP contribution in [0.5, 0.6) is 0 Å². The van der Waals surface area contributed by atoms with Crippen molar-refractivity contribution in [2.24, 2.45) is 5.92 Å². The van der Waals surface area contributed by atoms with E-state index in [1.807, 2.05) is 18.2 Å². The van der Waals surface area contributed by atoms with Crippen LogP contribution in [0.3, 0.4) is 0 Å². The van der Waals surface area contributed by atoms with E-state index in [9.17, 15) is 13.2 Å². The maximum absolute atomic E-state index is 11.8. The summed E-state index contributed by atoms with van der Waals surface area (Å²) in [6.45, 7) is 1.17. The third-order valence-corrected chi connectivity index (χ3v) is 4.71. The van der Waals surface area contributed by atoms with Crippen LogP contribution in [0, 0.1) is 5.92 Å².